The Labute approximate surface area is 159 Å². The van der Waals surface area contributed by atoms with E-state index in [1.54, 1.807) is 30.3 Å². The molecule has 0 radical (unpaired) electrons. The van der Waals surface area contributed by atoms with Crippen molar-refractivity contribution in [2.24, 2.45) is 5.41 Å². The molecular formula is C21H24BFO4. The third-order valence-corrected chi connectivity index (χ3v) is 4.76. The fraction of sp³-hybridized carbons (Fsp3) is 0.381. The van der Waals surface area contributed by atoms with E-state index in [1.807, 2.05) is 13.8 Å². The molecular weight excluding hydrogens is 346 g/mol. The molecule has 1 heterocycles. The summed E-state index contributed by atoms with van der Waals surface area (Å²) in [4.78, 5) is 11.5. The van der Waals surface area contributed by atoms with Crippen molar-refractivity contribution < 1.29 is 23.2 Å². The summed E-state index contributed by atoms with van der Waals surface area (Å²) in [6.07, 6.45) is 1.35. The van der Waals surface area contributed by atoms with Crippen LogP contribution in [0, 0.1) is 18.2 Å². The molecule has 4 nitrogen and oxygen atoms in total. The monoisotopic (exact) mass is 370 g/mol. The lowest BCUT2D eigenvalue weighted by atomic mass is 9.71. The van der Waals surface area contributed by atoms with Crippen molar-refractivity contribution in [1.29, 1.82) is 0 Å². The Morgan fingerprint density at radius 1 is 1.19 bits per heavy atom. The van der Waals surface area contributed by atoms with Crippen molar-refractivity contribution in [1.82, 2.24) is 0 Å². The molecule has 2 aromatic rings. The van der Waals surface area contributed by atoms with Gasteiger partial charge in [0.15, 0.2) is 11.6 Å². The number of hydrogen-bond donors (Lipinski definition) is 0. The highest BCUT2D eigenvalue weighted by molar-refractivity contribution is 6.63. The van der Waals surface area contributed by atoms with Gasteiger partial charge in [0.2, 0.25) is 0 Å². The number of halogens is 1. The molecule has 1 aliphatic heterocycles. The van der Waals surface area contributed by atoms with Gasteiger partial charge in [-0.3, -0.25) is 4.79 Å². The van der Waals surface area contributed by atoms with Gasteiger partial charge in [-0.15, -0.1) is 0 Å². The van der Waals surface area contributed by atoms with E-state index in [9.17, 15) is 9.18 Å². The van der Waals surface area contributed by atoms with Gasteiger partial charge in [-0.05, 0) is 48.1 Å². The zero-order valence-electron chi connectivity index (χ0n) is 16.2. The summed E-state index contributed by atoms with van der Waals surface area (Å²) < 4.78 is 32.1. The van der Waals surface area contributed by atoms with E-state index in [0.717, 1.165) is 6.29 Å². The van der Waals surface area contributed by atoms with Gasteiger partial charge in [-0.25, -0.2) is 4.39 Å². The van der Waals surface area contributed by atoms with E-state index in [4.69, 9.17) is 14.0 Å². The number of hydrogen-bond acceptors (Lipinski definition) is 4. The van der Waals surface area contributed by atoms with Crippen LogP contribution in [-0.4, -0.2) is 26.6 Å². The molecule has 0 unspecified atom stereocenters. The molecule has 0 bridgehead atoms. The number of aldehydes is 1. The third kappa shape index (κ3) is 4.07. The first-order valence-electron chi connectivity index (χ1n) is 9.13. The topological polar surface area (TPSA) is 44.8 Å². The van der Waals surface area contributed by atoms with E-state index in [1.165, 1.54) is 0 Å². The molecule has 1 fully saturated rings. The van der Waals surface area contributed by atoms with Crippen molar-refractivity contribution in [3.8, 4) is 11.5 Å². The van der Waals surface area contributed by atoms with Crippen LogP contribution in [0.4, 0.5) is 4.39 Å². The van der Waals surface area contributed by atoms with Crippen LogP contribution in [0.3, 0.4) is 0 Å². The molecule has 0 aliphatic carbocycles. The third-order valence-electron chi connectivity index (χ3n) is 4.76. The zero-order valence-corrected chi connectivity index (χ0v) is 16.2. The second-order valence-corrected chi connectivity index (χ2v) is 7.61. The molecule has 0 amide bonds. The normalized spacial score (nSPS) is 16.3. The highest BCUT2D eigenvalue weighted by Crippen LogP contribution is 2.30. The van der Waals surface area contributed by atoms with E-state index >= 15 is 0 Å². The predicted octanol–water partition coefficient (Wildman–Crippen LogP) is 4.07. The number of benzene rings is 2. The van der Waals surface area contributed by atoms with Crippen molar-refractivity contribution in [3.63, 3.8) is 0 Å². The number of aryl methyl sites for hydroxylation is 1. The molecule has 0 aromatic heterocycles. The van der Waals surface area contributed by atoms with Gasteiger partial charge < -0.3 is 14.0 Å². The summed E-state index contributed by atoms with van der Waals surface area (Å²) in [6, 6.07) is 8.42. The number of carbonyl (C=O) groups excluding carboxylic acids is 1. The minimum Gasteiger partial charge on any atom is -0.454 e. The average molecular weight is 370 g/mol. The molecule has 1 aliphatic rings. The van der Waals surface area contributed by atoms with Crippen LogP contribution < -0.4 is 10.2 Å². The Morgan fingerprint density at radius 2 is 1.89 bits per heavy atom. The minimum atomic E-state index is -0.645. The predicted molar refractivity (Wildman–Crippen MR) is 103 cm³/mol. The molecule has 3 rings (SSSR count). The van der Waals surface area contributed by atoms with Crippen LogP contribution in [0.1, 0.15) is 42.3 Å². The Balaban J connectivity index is 1.96. The lowest BCUT2D eigenvalue weighted by Gasteiger charge is -2.34. The number of carbonyl (C=O) groups is 1. The largest absolute Gasteiger partial charge is 0.495 e. The fourth-order valence-electron chi connectivity index (χ4n) is 3.14. The average Bonchev–Trinajstić information content (AvgIpc) is 2.65. The van der Waals surface area contributed by atoms with Crippen LogP contribution in [0.15, 0.2) is 30.3 Å². The summed E-state index contributed by atoms with van der Waals surface area (Å²) >= 11 is 0. The highest BCUT2D eigenvalue weighted by atomic mass is 19.1. The van der Waals surface area contributed by atoms with E-state index < -0.39 is 7.12 Å². The number of rotatable bonds is 5. The second kappa shape index (κ2) is 7.83. The number of ether oxygens (including phenoxy) is 1. The van der Waals surface area contributed by atoms with Gasteiger partial charge in [0.1, 0.15) is 12.0 Å². The Morgan fingerprint density at radius 3 is 2.52 bits per heavy atom. The summed E-state index contributed by atoms with van der Waals surface area (Å²) in [5, 5.41) is 0. The standard InChI is InChI=1S/C21H24BFO4/c1-5-15-7-6-8-18(20(15)23)27-17-10-9-16(11-24)19(14(17)2)22-25-12-21(3,4)13-26-22/h6-11H,5,12-13H2,1-4H3. The first kappa shape index (κ1) is 19.6. The van der Waals surface area contributed by atoms with Crippen molar-refractivity contribution in [2.45, 2.75) is 34.1 Å². The lowest BCUT2D eigenvalue weighted by molar-refractivity contribution is 0.0342. The highest BCUT2D eigenvalue weighted by Gasteiger charge is 2.36. The smallest absolute Gasteiger partial charge is 0.454 e. The molecule has 1 saturated heterocycles. The lowest BCUT2D eigenvalue weighted by Crippen LogP contribution is -2.49. The quantitative estimate of drug-likeness (QED) is 0.588. The maximum atomic E-state index is 14.5. The summed E-state index contributed by atoms with van der Waals surface area (Å²) in [6.45, 7) is 8.87. The molecule has 142 valence electrons. The SMILES string of the molecule is CCc1cccc(Oc2ccc(C=O)c(B3OCC(C)(C)CO3)c2C)c1F. The maximum Gasteiger partial charge on any atom is 0.495 e. The molecule has 6 heteroatoms. The molecule has 0 spiro atoms. The van der Waals surface area contributed by atoms with Gasteiger partial charge in [-0.1, -0.05) is 32.9 Å². The van der Waals surface area contributed by atoms with Gasteiger partial charge in [0.05, 0.1) is 0 Å². The van der Waals surface area contributed by atoms with E-state index in [-0.39, 0.29) is 17.0 Å². The van der Waals surface area contributed by atoms with Crippen LogP contribution in [0.5, 0.6) is 11.5 Å². The molecule has 2 aromatic carbocycles. The van der Waals surface area contributed by atoms with Crippen LogP contribution in [0.2, 0.25) is 0 Å². The van der Waals surface area contributed by atoms with E-state index in [2.05, 4.69) is 13.8 Å². The van der Waals surface area contributed by atoms with Gasteiger partial charge in [-0.2, -0.15) is 0 Å². The van der Waals surface area contributed by atoms with Crippen LogP contribution in [-0.2, 0) is 15.7 Å². The zero-order chi connectivity index (χ0) is 19.6. The maximum absolute atomic E-state index is 14.5. The molecule has 27 heavy (non-hydrogen) atoms. The summed E-state index contributed by atoms with van der Waals surface area (Å²) in [5.74, 6) is 0.265. The van der Waals surface area contributed by atoms with Crippen molar-refractivity contribution >= 4 is 18.9 Å². The second-order valence-electron chi connectivity index (χ2n) is 7.61. The Bertz CT molecular complexity index is 840. The Hall–Kier alpha value is -2.18. The molecule has 0 N–H and O–H groups in total. The van der Waals surface area contributed by atoms with Crippen LogP contribution >= 0.6 is 0 Å². The summed E-state index contributed by atoms with van der Waals surface area (Å²) in [7, 11) is -0.645. The summed E-state index contributed by atoms with van der Waals surface area (Å²) in [5.41, 5.74) is 2.32. The minimum absolute atomic E-state index is 0.0798. The molecule has 0 atom stereocenters. The van der Waals surface area contributed by atoms with Crippen molar-refractivity contribution in [2.75, 3.05) is 13.2 Å². The first-order valence-corrected chi connectivity index (χ1v) is 9.13. The van der Waals surface area contributed by atoms with Gasteiger partial charge in [0.25, 0.3) is 0 Å². The van der Waals surface area contributed by atoms with Crippen molar-refractivity contribution in [3.05, 3.63) is 52.8 Å². The molecule has 0 saturated carbocycles. The van der Waals surface area contributed by atoms with Gasteiger partial charge in [0, 0.05) is 24.2 Å². The fourth-order valence-corrected chi connectivity index (χ4v) is 3.14. The van der Waals surface area contributed by atoms with Gasteiger partial charge >= 0.3 is 7.12 Å². The van der Waals surface area contributed by atoms with E-state index in [0.29, 0.717) is 47.5 Å². The Kier molecular flexibility index (Phi) is 5.68. The van der Waals surface area contributed by atoms with Crippen LogP contribution in [0.25, 0.3) is 0 Å². The first-order chi connectivity index (χ1) is 12.9.